The van der Waals surface area contributed by atoms with Crippen molar-refractivity contribution < 1.29 is 22.0 Å². The molecule has 1 aliphatic rings. The van der Waals surface area contributed by atoms with Crippen LogP contribution in [0.2, 0.25) is 0 Å². The SMILES string of the molecule is CC(=O)N1CCCc2cc(S(=O)(=O)N[C@H](C)c3ccc(F)c(F)c3)ccc21. The first-order chi connectivity index (χ1) is 12.7. The number of halogens is 2. The number of nitrogens with zero attached hydrogens (tertiary/aromatic N) is 1. The van der Waals surface area contributed by atoms with Gasteiger partial charge in [0.2, 0.25) is 15.9 Å². The van der Waals surface area contributed by atoms with Crippen LogP contribution in [-0.2, 0) is 21.2 Å². The van der Waals surface area contributed by atoms with Crippen LogP contribution in [0.1, 0.15) is 37.4 Å². The Labute approximate surface area is 157 Å². The van der Waals surface area contributed by atoms with Gasteiger partial charge in [-0.25, -0.2) is 21.9 Å². The van der Waals surface area contributed by atoms with Crippen molar-refractivity contribution in [3.63, 3.8) is 0 Å². The Bertz CT molecular complexity index is 992. The lowest BCUT2D eigenvalue weighted by molar-refractivity contribution is -0.116. The molecular weight excluding hydrogens is 374 g/mol. The predicted octanol–water partition coefficient (Wildman–Crippen LogP) is 3.30. The summed E-state index contributed by atoms with van der Waals surface area (Å²) in [5.41, 5.74) is 1.83. The Morgan fingerprint density at radius 2 is 1.89 bits per heavy atom. The van der Waals surface area contributed by atoms with Gasteiger partial charge >= 0.3 is 0 Å². The van der Waals surface area contributed by atoms with Gasteiger partial charge in [0.05, 0.1) is 4.90 Å². The van der Waals surface area contributed by atoms with Crippen molar-refractivity contribution >= 4 is 21.6 Å². The van der Waals surface area contributed by atoms with E-state index in [0.717, 1.165) is 29.8 Å². The van der Waals surface area contributed by atoms with Gasteiger partial charge < -0.3 is 4.90 Å². The molecule has 2 aromatic carbocycles. The summed E-state index contributed by atoms with van der Waals surface area (Å²) in [4.78, 5) is 13.4. The number of benzene rings is 2. The lowest BCUT2D eigenvalue weighted by Crippen LogP contribution is -2.34. The molecule has 0 fully saturated rings. The monoisotopic (exact) mass is 394 g/mol. The second kappa shape index (κ2) is 7.36. The van der Waals surface area contributed by atoms with Gasteiger partial charge in [0.25, 0.3) is 0 Å². The normalized spacial score (nSPS) is 15.3. The molecular formula is C19H20F2N2O3S. The van der Waals surface area contributed by atoms with Gasteiger partial charge in [-0.3, -0.25) is 4.79 Å². The molecule has 0 radical (unpaired) electrons. The van der Waals surface area contributed by atoms with Crippen molar-refractivity contribution in [3.05, 3.63) is 59.2 Å². The number of nitrogens with one attached hydrogen (secondary N) is 1. The number of sulfonamides is 1. The van der Waals surface area contributed by atoms with E-state index in [0.29, 0.717) is 18.5 Å². The van der Waals surface area contributed by atoms with E-state index in [-0.39, 0.29) is 10.8 Å². The summed E-state index contributed by atoms with van der Waals surface area (Å²) in [5, 5.41) is 0. The summed E-state index contributed by atoms with van der Waals surface area (Å²) in [6, 6.07) is 7.17. The van der Waals surface area contributed by atoms with Crippen LogP contribution < -0.4 is 9.62 Å². The van der Waals surface area contributed by atoms with Gasteiger partial charge in [0.1, 0.15) is 0 Å². The van der Waals surface area contributed by atoms with Crippen molar-refractivity contribution in [1.82, 2.24) is 4.72 Å². The second-order valence-corrected chi connectivity index (χ2v) is 8.30. The zero-order valence-corrected chi connectivity index (χ0v) is 15.8. The average Bonchev–Trinajstić information content (AvgIpc) is 2.62. The number of rotatable bonds is 4. The highest BCUT2D eigenvalue weighted by atomic mass is 32.2. The van der Waals surface area contributed by atoms with Crippen molar-refractivity contribution in [1.29, 1.82) is 0 Å². The molecule has 0 saturated heterocycles. The van der Waals surface area contributed by atoms with E-state index in [9.17, 15) is 22.0 Å². The van der Waals surface area contributed by atoms with Crippen LogP contribution in [0, 0.1) is 11.6 Å². The highest BCUT2D eigenvalue weighted by Crippen LogP contribution is 2.30. The van der Waals surface area contributed by atoms with Gasteiger partial charge in [0, 0.05) is 25.2 Å². The Balaban J connectivity index is 1.86. The minimum Gasteiger partial charge on any atom is -0.312 e. The smallest absolute Gasteiger partial charge is 0.241 e. The molecule has 144 valence electrons. The number of amides is 1. The van der Waals surface area contributed by atoms with Crippen LogP contribution in [0.25, 0.3) is 0 Å². The average molecular weight is 394 g/mol. The molecule has 1 amide bonds. The molecule has 1 N–H and O–H groups in total. The topological polar surface area (TPSA) is 66.5 Å². The van der Waals surface area contributed by atoms with E-state index < -0.39 is 27.7 Å². The standard InChI is InChI=1S/C19H20F2N2O3S/c1-12(14-5-7-17(20)18(21)11-14)22-27(25,26)16-6-8-19-15(10-16)4-3-9-23(19)13(2)24/h5-8,10-12,22H,3-4,9H2,1-2H3/t12-/m1/s1. The molecule has 0 bridgehead atoms. The highest BCUT2D eigenvalue weighted by Gasteiger charge is 2.24. The van der Waals surface area contributed by atoms with Crippen LogP contribution >= 0.6 is 0 Å². The Morgan fingerprint density at radius 3 is 2.56 bits per heavy atom. The number of carbonyl (C=O) groups excluding carboxylic acids is 1. The van der Waals surface area contributed by atoms with E-state index in [1.807, 2.05) is 0 Å². The van der Waals surface area contributed by atoms with E-state index in [1.54, 1.807) is 24.0 Å². The number of aryl methyl sites for hydroxylation is 1. The minimum atomic E-state index is -3.87. The van der Waals surface area contributed by atoms with Gasteiger partial charge in [0.15, 0.2) is 11.6 Å². The molecule has 27 heavy (non-hydrogen) atoms. The highest BCUT2D eigenvalue weighted by molar-refractivity contribution is 7.89. The maximum atomic E-state index is 13.4. The second-order valence-electron chi connectivity index (χ2n) is 6.58. The molecule has 8 heteroatoms. The third-order valence-corrected chi connectivity index (χ3v) is 6.17. The summed E-state index contributed by atoms with van der Waals surface area (Å²) in [6.45, 7) is 3.64. The first-order valence-corrected chi connectivity index (χ1v) is 10.1. The summed E-state index contributed by atoms with van der Waals surface area (Å²) in [5.74, 6) is -2.10. The first kappa shape index (κ1) is 19.4. The van der Waals surface area contributed by atoms with Gasteiger partial charge in [-0.1, -0.05) is 6.07 Å². The minimum absolute atomic E-state index is 0.0704. The summed E-state index contributed by atoms with van der Waals surface area (Å²) in [6.07, 6.45) is 1.44. The lowest BCUT2D eigenvalue weighted by atomic mass is 10.0. The van der Waals surface area contributed by atoms with E-state index in [4.69, 9.17) is 0 Å². The Kier molecular flexibility index (Phi) is 5.30. The van der Waals surface area contributed by atoms with Crippen molar-refractivity contribution in [2.75, 3.05) is 11.4 Å². The van der Waals surface area contributed by atoms with Crippen LogP contribution in [0.15, 0.2) is 41.3 Å². The van der Waals surface area contributed by atoms with Crippen LogP contribution in [0.3, 0.4) is 0 Å². The molecule has 5 nitrogen and oxygen atoms in total. The fourth-order valence-corrected chi connectivity index (χ4v) is 4.50. The van der Waals surface area contributed by atoms with Crippen LogP contribution in [0.4, 0.5) is 14.5 Å². The molecule has 1 heterocycles. The molecule has 0 spiro atoms. The predicted molar refractivity (Wildman–Crippen MR) is 97.9 cm³/mol. The quantitative estimate of drug-likeness (QED) is 0.865. The Morgan fingerprint density at radius 1 is 1.15 bits per heavy atom. The number of anilines is 1. The molecule has 0 saturated carbocycles. The number of fused-ring (bicyclic) bond motifs is 1. The number of carbonyl (C=O) groups is 1. The van der Waals surface area contributed by atoms with Crippen LogP contribution in [-0.4, -0.2) is 20.9 Å². The maximum Gasteiger partial charge on any atom is 0.241 e. The fourth-order valence-electron chi connectivity index (χ4n) is 3.22. The molecule has 2 aromatic rings. The number of hydrogen-bond acceptors (Lipinski definition) is 3. The van der Waals surface area contributed by atoms with E-state index >= 15 is 0 Å². The molecule has 0 unspecified atom stereocenters. The lowest BCUT2D eigenvalue weighted by Gasteiger charge is -2.29. The number of hydrogen-bond donors (Lipinski definition) is 1. The molecule has 1 atom stereocenters. The van der Waals surface area contributed by atoms with Crippen molar-refractivity contribution in [2.45, 2.75) is 37.6 Å². The fraction of sp³-hybridized carbons (Fsp3) is 0.316. The van der Waals surface area contributed by atoms with Gasteiger partial charge in [-0.2, -0.15) is 0 Å². The van der Waals surface area contributed by atoms with E-state index in [1.165, 1.54) is 19.1 Å². The summed E-state index contributed by atoms with van der Waals surface area (Å²) in [7, 11) is -3.87. The van der Waals surface area contributed by atoms with Crippen molar-refractivity contribution in [2.24, 2.45) is 0 Å². The van der Waals surface area contributed by atoms with Gasteiger partial charge in [-0.15, -0.1) is 0 Å². The largest absolute Gasteiger partial charge is 0.312 e. The molecule has 1 aliphatic heterocycles. The zero-order chi connectivity index (χ0) is 19.8. The molecule has 3 rings (SSSR count). The van der Waals surface area contributed by atoms with Gasteiger partial charge in [-0.05, 0) is 61.2 Å². The first-order valence-electron chi connectivity index (χ1n) is 8.57. The summed E-state index contributed by atoms with van der Waals surface area (Å²) < 4.78 is 54.4. The maximum absolute atomic E-state index is 13.4. The Hall–Kier alpha value is -2.32. The molecule has 0 aromatic heterocycles. The molecule has 0 aliphatic carbocycles. The third-order valence-electron chi connectivity index (χ3n) is 4.64. The summed E-state index contributed by atoms with van der Waals surface area (Å²) >= 11 is 0. The van der Waals surface area contributed by atoms with Crippen molar-refractivity contribution in [3.8, 4) is 0 Å². The third kappa shape index (κ3) is 4.01. The van der Waals surface area contributed by atoms with E-state index in [2.05, 4.69) is 4.72 Å². The van der Waals surface area contributed by atoms with Crippen LogP contribution in [0.5, 0.6) is 0 Å². The zero-order valence-electron chi connectivity index (χ0n) is 15.0.